The van der Waals surface area contributed by atoms with Crippen LogP contribution in [0.2, 0.25) is 0 Å². The Labute approximate surface area is 84.3 Å². The summed E-state index contributed by atoms with van der Waals surface area (Å²) in [5.74, 6) is 2.50. The number of rotatable bonds is 6. The maximum atomic E-state index is 5.57. The zero-order valence-corrected chi connectivity index (χ0v) is 8.81. The van der Waals surface area contributed by atoms with Crippen molar-refractivity contribution in [3.05, 3.63) is 17.8 Å². The zero-order valence-electron chi connectivity index (χ0n) is 8.05. The molecule has 0 aliphatic carbocycles. The number of hydrogen-bond acceptors (Lipinski definition) is 2. The van der Waals surface area contributed by atoms with E-state index in [1.165, 1.54) is 12.8 Å². The first kappa shape index (κ1) is 10.6. The maximum absolute atomic E-state index is 5.57. The first-order chi connectivity index (χ1) is 6.36. The predicted molar refractivity (Wildman–Crippen MR) is 54.2 cm³/mol. The minimum absolute atomic E-state index is 0.673. The number of unbranched alkanes of at least 4 members (excludes halogenated alkanes) is 1. The van der Waals surface area contributed by atoms with Crippen LogP contribution in [0.5, 0.6) is 0 Å². The summed E-state index contributed by atoms with van der Waals surface area (Å²) >= 11 is 5.57. The van der Waals surface area contributed by atoms with E-state index in [0.717, 1.165) is 30.9 Å². The Balaban J connectivity index is 2.34. The van der Waals surface area contributed by atoms with Crippen molar-refractivity contribution in [3.8, 4) is 0 Å². The van der Waals surface area contributed by atoms with Crippen LogP contribution in [0.15, 0.2) is 10.6 Å². The van der Waals surface area contributed by atoms with Crippen molar-refractivity contribution in [2.24, 2.45) is 0 Å². The van der Waals surface area contributed by atoms with Gasteiger partial charge in [0.25, 0.3) is 0 Å². The van der Waals surface area contributed by atoms with Crippen molar-refractivity contribution < 1.29 is 4.42 Å². The summed E-state index contributed by atoms with van der Waals surface area (Å²) in [5, 5.41) is 0. The van der Waals surface area contributed by atoms with Crippen molar-refractivity contribution in [2.45, 2.75) is 39.0 Å². The highest BCUT2D eigenvalue weighted by Crippen LogP contribution is 2.09. The first-order valence-corrected chi connectivity index (χ1v) is 5.39. The molecule has 0 bridgehead atoms. The highest BCUT2D eigenvalue weighted by molar-refractivity contribution is 6.17. The smallest absolute Gasteiger partial charge is 0.194 e. The SMILES string of the molecule is CCCCc1cnc(CCCCl)o1. The van der Waals surface area contributed by atoms with Gasteiger partial charge in [-0.25, -0.2) is 4.98 Å². The van der Waals surface area contributed by atoms with Crippen LogP contribution in [0, 0.1) is 0 Å². The van der Waals surface area contributed by atoms with Crippen LogP contribution >= 0.6 is 11.6 Å². The van der Waals surface area contributed by atoms with Gasteiger partial charge < -0.3 is 4.42 Å². The largest absolute Gasteiger partial charge is 0.446 e. The highest BCUT2D eigenvalue weighted by atomic mass is 35.5. The lowest BCUT2D eigenvalue weighted by Gasteiger charge is -1.92. The van der Waals surface area contributed by atoms with Crippen LogP contribution in [0.3, 0.4) is 0 Å². The minimum Gasteiger partial charge on any atom is -0.446 e. The van der Waals surface area contributed by atoms with Gasteiger partial charge in [0.15, 0.2) is 5.89 Å². The van der Waals surface area contributed by atoms with Crippen molar-refractivity contribution >= 4 is 11.6 Å². The fourth-order valence-corrected chi connectivity index (χ4v) is 1.28. The Kier molecular flexibility index (Phi) is 4.91. The Hall–Kier alpha value is -0.500. The van der Waals surface area contributed by atoms with Crippen LogP contribution < -0.4 is 0 Å². The van der Waals surface area contributed by atoms with E-state index >= 15 is 0 Å². The number of aromatic nitrogens is 1. The first-order valence-electron chi connectivity index (χ1n) is 4.86. The lowest BCUT2D eigenvalue weighted by atomic mass is 10.2. The summed E-state index contributed by atoms with van der Waals surface area (Å²) in [4.78, 5) is 4.18. The zero-order chi connectivity index (χ0) is 9.52. The molecule has 0 amide bonds. The summed E-state index contributed by atoms with van der Waals surface area (Å²) in [6.07, 6.45) is 7.00. The molecule has 0 fully saturated rings. The second-order valence-corrected chi connectivity index (χ2v) is 3.49. The Morgan fingerprint density at radius 3 is 2.92 bits per heavy atom. The molecule has 74 valence electrons. The predicted octanol–water partition coefficient (Wildman–Crippen LogP) is 3.19. The van der Waals surface area contributed by atoms with Crippen LogP contribution in [0.4, 0.5) is 0 Å². The highest BCUT2D eigenvalue weighted by Gasteiger charge is 2.02. The lowest BCUT2D eigenvalue weighted by molar-refractivity contribution is 0.447. The molecule has 3 heteroatoms. The van der Waals surface area contributed by atoms with E-state index in [1.54, 1.807) is 0 Å². The molecule has 0 N–H and O–H groups in total. The van der Waals surface area contributed by atoms with E-state index in [9.17, 15) is 0 Å². The molecule has 13 heavy (non-hydrogen) atoms. The number of hydrogen-bond donors (Lipinski definition) is 0. The second-order valence-electron chi connectivity index (χ2n) is 3.12. The second kappa shape index (κ2) is 6.03. The van der Waals surface area contributed by atoms with Gasteiger partial charge in [-0.2, -0.15) is 0 Å². The normalized spacial score (nSPS) is 10.6. The van der Waals surface area contributed by atoms with E-state index in [4.69, 9.17) is 16.0 Å². The summed E-state index contributed by atoms with van der Waals surface area (Å²) in [5.41, 5.74) is 0. The molecule has 0 aliphatic rings. The molecule has 0 saturated heterocycles. The van der Waals surface area contributed by atoms with E-state index in [1.807, 2.05) is 6.20 Å². The third kappa shape index (κ3) is 3.81. The minimum atomic E-state index is 0.673. The van der Waals surface area contributed by atoms with Gasteiger partial charge in [0.2, 0.25) is 0 Å². The average molecular weight is 202 g/mol. The van der Waals surface area contributed by atoms with Gasteiger partial charge in [-0.3, -0.25) is 0 Å². The van der Waals surface area contributed by atoms with Gasteiger partial charge in [0, 0.05) is 18.7 Å². The van der Waals surface area contributed by atoms with Crippen molar-refractivity contribution in [1.82, 2.24) is 4.98 Å². The molecule has 1 aromatic heterocycles. The quantitative estimate of drug-likeness (QED) is 0.661. The summed E-state index contributed by atoms with van der Waals surface area (Å²) in [7, 11) is 0. The van der Waals surface area contributed by atoms with E-state index in [-0.39, 0.29) is 0 Å². The molecule has 0 radical (unpaired) electrons. The molecule has 0 unspecified atom stereocenters. The maximum Gasteiger partial charge on any atom is 0.194 e. The van der Waals surface area contributed by atoms with E-state index < -0.39 is 0 Å². The molecule has 0 saturated carbocycles. The van der Waals surface area contributed by atoms with Crippen LogP contribution in [0.1, 0.15) is 37.8 Å². The van der Waals surface area contributed by atoms with Crippen LogP contribution in [0.25, 0.3) is 0 Å². The van der Waals surface area contributed by atoms with Gasteiger partial charge in [0.05, 0.1) is 6.20 Å². The van der Waals surface area contributed by atoms with E-state index in [0.29, 0.717) is 5.88 Å². The molecule has 1 heterocycles. The fourth-order valence-electron chi connectivity index (χ4n) is 1.15. The van der Waals surface area contributed by atoms with Gasteiger partial charge in [-0.15, -0.1) is 11.6 Å². The molecule has 0 aliphatic heterocycles. The van der Waals surface area contributed by atoms with Crippen LogP contribution in [-0.2, 0) is 12.8 Å². The molecule has 1 aromatic rings. The number of alkyl halides is 1. The van der Waals surface area contributed by atoms with E-state index in [2.05, 4.69) is 11.9 Å². The average Bonchev–Trinajstić information content (AvgIpc) is 2.59. The molecule has 0 spiro atoms. The topological polar surface area (TPSA) is 26.0 Å². The number of nitrogens with zero attached hydrogens (tertiary/aromatic N) is 1. The fraction of sp³-hybridized carbons (Fsp3) is 0.700. The van der Waals surface area contributed by atoms with Crippen molar-refractivity contribution in [2.75, 3.05) is 5.88 Å². The molecule has 2 nitrogen and oxygen atoms in total. The van der Waals surface area contributed by atoms with Gasteiger partial charge >= 0.3 is 0 Å². The van der Waals surface area contributed by atoms with Crippen molar-refractivity contribution in [1.29, 1.82) is 0 Å². The third-order valence-corrected chi connectivity index (χ3v) is 2.17. The number of halogens is 1. The lowest BCUT2D eigenvalue weighted by Crippen LogP contribution is -1.85. The third-order valence-electron chi connectivity index (χ3n) is 1.90. The number of aryl methyl sites for hydroxylation is 2. The number of oxazole rings is 1. The summed E-state index contributed by atoms with van der Waals surface area (Å²) in [6.45, 7) is 2.17. The molecule has 0 aromatic carbocycles. The van der Waals surface area contributed by atoms with Gasteiger partial charge in [-0.05, 0) is 12.8 Å². The Morgan fingerprint density at radius 2 is 2.23 bits per heavy atom. The molecule has 1 rings (SSSR count). The van der Waals surface area contributed by atoms with Crippen LogP contribution in [-0.4, -0.2) is 10.9 Å². The Morgan fingerprint density at radius 1 is 1.38 bits per heavy atom. The summed E-state index contributed by atoms with van der Waals surface area (Å²) < 4.78 is 5.52. The molecular formula is C10H16ClNO. The monoisotopic (exact) mass is 201 g/mol. The van der Waals surface area contributed by atoms with Gasteiger partial charge in [0.1, 0.15) is 5.76 Å². The Bertz CT molecular complexity index is 212. The van der Waals surface area contributed by atoms with Gasteiger partial charge in [-0.1, -0.05) is 13.3 Å². The van der Waals surface area contributed by atoms with Crippen molar-refractivity contribution in [3.63, 3.8) is 0 Å². The molecular weight excluding hydrogens is 186 g/mol. The standard InChI is InChI=1S/C10H16ClNO/c1-2-3-5-9-8-12-10(13-9)6-4-7-11/h8H,2-7H2,1H3. The molecule has 0 atom stereocenters. The summed E-state index contributed by atoms with van der Waals surface area (Å²) in [6, 6.07) is 0.